The molecule has 0 saturated heterocycles. The van der Waals surface area contributed by atoms with Crippen molar-refractivity contribution in [3.05, 3.63) is 58.1 Å². The van der Waals surface area contributed by atoms with Gasteiger partial charge in [-0.3, -0.25) is 4.79 Å². The van der Waals surface area contributed by atoms with Gasteiger partial charge in [0.05, 0.1) is 7.11 Å². The third kappa shape index (κ3) is 3.58. The van der Waals surface area contributed by atoms with Crippen molar-refractivity contribution in [2.75, 3.05) is 7.11 Å². The van der Waals surface area contributed by atoms with Crippen LogP contribution in [0.1, 0.15) is 15.9 Å². The molecule has 0 atom stereocenters. The van der Waals surface area contributed by atoms with E-state index in [1.165, 1.54) is 0 Å². The van der Waals surface area contributed by atoms with Crippen molar-refractivity contribution in [3.63, 3.8) is 0 Å². The van der Waals surface area contributed by atoms with E-state index >= 15 is 0 Å². The first kappa shape index (κ1) is 13.6. The van der Waals surface area contributed by atoms with Gasteiger partial charge in [0.25, 0.3) is 0 Å². The highest BCUT2D eigenvalue weighted by Crippen LogP contribution is 2.24. The highest BCUT2D eigenvalue weighted by molar-refractivity contribution is 9.10. The summed E-state index contributed by atoms with van der Waals surface area (Å²) in [6.45, 7) is 0.429. The molecule has 2 aromatic carbocycles. The molecule has 19 heavy (non-hydrogen) atoms. The van der Waals surface area contributed by atoms with E-state index in [9.17, 15) is 4.79 Å². The Hall–Kier alpha value is -1.81. The molecule has 3 nitrogen and oxygen atoms in total. The van der Waals surface area contributed by atoms with Crippen molar-refractivity contribution in [1.82, 2.24) is 0 Å². The number of aldehydes is 1. The van der Waals surface area contributed by atoms with Crippen molar-refractivity contribution in [2.45, 2.75) is 6.61 Å². The van der Waals surface area contributed by atoms with Gasteiger partial charge in [0.2, 0.25) is 0 Å². The second kappa shape index (κ2) is 6.38. The number of hydrogen-bond acceptors (Lipinski definition) is 3. The van der Waals surface area contributed by atoms with Crippen LogP contribution in [0.3, 0.4) is 0 Å². The molecule has 0 aliphatic rings. The van der Waals surface area contributed by atoms with Crippen LogP contribution in [0.15, 0.2) is 46.9 Å². The summed E-state index contributed by atoms with van der Waals surface area (Å²) in [5.41, 5.74) is 1.63. The van der Waals surface area contributed by atoms with Gasteiger partial charge in [0, 0.05) is 15.6 Å². The standard InChI is InChI=1S/C15H13BrO3/c1-18-14-6-7-15(16)12(8-14)10-19-13-4-2-11(9-17)3-5-13/h2-9H,10H2,1H3. The minimum absolute atomic E-state index is 0.429. The molecule has 0 aromatic heterocycles. The van der Waals surface area contributed by atoms with E-state index in [2.05, 4.69) is 15.9 Å². The number of carbonyl (C=O) groups excluding carboxylic acids is 1. The molecule has 0 heterocycles. The van der Waals surface area contributed by atoms with E-state index < -0.39 is 0 Å². The summed E-state index contributed by atoms with van der Waals surface area (Å²) >= 11 is 3.47. The fraction of sp³-hybridized carbons (Fsp3) is 0.133. The number of hydrogen-bond donors (Lipinski definition) is 0. The number of rotatable bonds is 5. The second-order valence-corrected chi connectivity index (χ2v) is 4.79. The predicted octanol–water partition coefficient (Wildman–Crippen LogP) is 3.85. The van der Waals surface area contributed by atoms with E-state index in [1.54, 1.807) is 31.4 Å². The van der Waals surface area contributed by atoms with Crippen molar-refractivity contribution >= 4 is 22.2 Å². The topological polar surface area (TPSA) is 35.5 Å². The number of ether oxygens (including phenoxy) is 2. The molecule has 0 aliphatic carbocycles. The van der Waals surface area contributed by atoms with Crippen LogP contribution in [0.2, 0.25) is 0 Å². The molecular weight excluding hydrogens is 308 g/mol. The van der Waals surface area contributed by atoms with E-state index in [0.717, 1.165) is 27.8 Å². The van der Waals surface area contributed by atoms with Gasteiger partial charge < -0.3 is 9.47 Å². The van der Waals surface area contributed by atoms with E-state index in [4.69, 9.17) is 9.47 Å². The van der Waals surface area contributed by atoms with Crippen LogP contribution in [0, 0.1) is 0 Å². The van der Waals surface area contributed by atoms with E-state index in [1.807, 2.05) is 18.2 Å². The fourth-order valence-electron chi connectivity index (χ4n) is 1.59. The van der Waals surface area contributed by atoms with Crippen LogP contribution in [0.4, 0.5) is 0 Å². The Morgan fingerprint density at radius 3 is 2.42 bits per heavy atom. The molecule has 0 N–H and O–H groups in total. The minimum atomic E-state index is 0.429. The Bertz CT molecular complexity index is 564. The molecule has 0 unspecified atom stereocenters. The Morgan fingerprint density at radius 1 is 1.11 bits per heavy atom. The van der Waals surface area contributed by atoms with Crippen LogP contribution in [0.25, 0.3) is 0 Å². The number of halogens is 1. The van der Waals surface area contributed by atoms with Gasteiger partial charge in [0.1, 0.15) is 24.4 Å². The second-order valence-electron chi connectivity index (χ2n) is 3.93. The molecule has 0 aliphatic heterocycles. The number of methoxy groups -OCH3 is 1. The van der Waals surface area contributed by atoms with E-state index in [-0.39, 0.29) is 0 Å². The Morgan fingerprint density at radius 2 is 1.79 bits per heavy atom. The van der Waals surface area contributed by atoms with Crippen LogP contribution < -0.4 is 9.47 Å². The lowest BCUT2D eigenvalue weighted by Gasteiger charge is -2.09. The van der Waals surface area contributed by atoms with Gasteiger partial charge in [-0.15, -0.1) is 0 Å². The maximum Gasteiger partial charge on any atom is 0.150 e. The summed E-state index contributed by atoms with van der Waals surface area (Å²) in [5.74, 6) is 1.51. The average molecular weight is 321 g/mol. The lowest BCUT2D eigenvalue weighted by atomic mass is 10.2. The van der Waals surface area contributed by atoms with Crippen LogP contribution >= 0.6 is 15.9 Å². The van der Waals surface area contributed by atoms with Crippen molar-refractivity contribution in [1.29, 1.82) is 0 Å². The third-order valence-corrected chi connectivity index (χ3v) is 3.44. The average Bonchev–Trinajstić information content (AvgIpc) is 2.47. The summed E-state index contributed by atoms with van der Waals surface area (Å²) in [7, 11) is 1.63. The smallest absolute Gasteiger partial charge is 0.150 e. The van der Waals surface area contributed by atoms with Gasteiger partial charge in [-0.05, 0) is 42.5 Å². The normalized spacial score (nSPS) is 10.0. The first-order valence-corrected chi connectivity index (χ1v) is 6.52. The minimum Gasteiger partial charge on any atom is -0.497 e. The number of carbonyl (C=O) groups is 1. The molecule has 0 fully saturated rings. The molecule has 2 aromatic rings. The maximum atomic E-state index is 10.6. The Labute approximate surface area is 120 Å². The highest BCUT2D eigenvalue weighted by atomic mass is 79.9. The summed E-state index contributed by atoms with van der Waals surface area (Å²) in [5, 5.41) is 0. The summed E-state index contributed by atoms with van der Waals surface area (Å²) in [4.78, 5) is 10.6. The first-order chi connectivity index (χ1) is 9.22. The van der Waals surface area contributed by atoms with Crippen molar-refractivity contribution in [2.24, 2.45) is 0 Å². The lowest BCUT2D eigenvalue weighted by molar-refractivity contribution is 0.112. The Balaban J connectivity index is 2.06. The van der Waals surface area contributed by atoms with Gasteiger partial charge in [0.15, 0.2) is 0 Å². The van der Waals surface area contributed by atoms with E-state index in [0.29, 0.717) is 12.2 Å². The molecule has 98 valence electrons. The summed E-state index contributed by atoms with van der Waals surface area (Å²) in [6.07, 6.45) is 0.808. The van der Waals surface area contributed by atoms with Gasteiger partial charge in [-0.2, -0.15) is 0 Å². The van der Waals surface area contributed by atoms with Gasteiger partial charge in [-0.25, -0.2) is 0 Å². The highest BCUT2D eigenvalue weighted by Gasteiger charge is 2.03. The molecule has 0 amide bonds. The molecular formula is C15H13BrO3. The van der Waals surface area contributed by atoms with Gasteiger partial charge >= 0.3 is 0 Å². The largest absolute Gasteiger partial charge is 0.497 e. The zero-order valence-corrected chi connectivity index (χ0v) is 12.0. The number of benzene rings is 2. The molecule has 0 saturated carbocycles. The third-order valence-electron chi connectivity index (χ3n) is 2.66. The first-order valence-electron chi connectivity index (χ1n) is 5.73. The quantitative estimate of drug-likeness (QED) is 0.785. The van der Waals surface area contributed by atoms with Crippen LogP contribution in [-0.2, 0) is 6.61 Å². The Kier molecular flexibility index (Phi) is 4.58. The molecule has 4 heteroatoms. The summed E-state index contributed by atoms with van der Waals surface area (Å²) < 4.78 is 11.8. The van der Waals surface area contributed by atoms with Crippen LogP contribution in [-0.4, -0.2) is 13.4 Å². The zero-order valence-electron chi connectivity index (χ0n) is 10.4. The molecule has 0 radical (unpaired) electrons. The monoisotopic (exact) mass is 320 g/mol. The van der Waals surface area contributed by atoms with Crippen LogP contribution in [0.5, 0.6) is 11.5 Å². The molecule has 2 rings (SSSR count). The lowest BCUT2D eigenvalue weighted by Crippen LogP contribution is -1.97. The predicted molar refractivity (Wildman–Crippen MR) is 76.9 cm³/mol. The maximum absolute atomic E-state index is 10.6. The SMILES string of the molecule is COc1ccc(Br)c(COc2ccc(C=O)cc2)c1. The summed E-state index contributed by atoms with van der Waals surface area (Å²) in [6, 6.07) is 12.7. The zero-order chi connectivity index (χ0) is 13.7. The molecule has 0 spiro atoms. The van der Waals surface area contributed by atoms with Crippen molar-refractivity contribution < 1.29 is 14.3 Å². The fourth-order valence-corrected chi connectivity index (χ4v) is 1.95. The van der Waals surface area contributed by atoms with Crippen molar-refractivity contribution in [3.8, 4) is 11.5 Å². The molecule has 0 bridgehead atoms. The van der Waals surface area contributed by atoms with Gasteiger partial charge in [-0.1, -0.05) is 15.9 Å².